The molecule has 18 heavy (non-hydrogen) atoms. The van der Waals surface area contributed by atoms with Gasteiger partial charge in [0.1, 0.15) is 0 Å². The summed E-state index contributed by atoms with van der Waals surface area (Å²) in [5.41, 5.74) is 0. The van der Waals surface area contributed by atoms with Crippen LogP contribution < -0.4 is 0 Å². The Hall–Kier alpha value is -1.10. The molecule has 1 aromatic carbocycles. The number of thioether (sulfide) groups is 1. The van der Waals surface area contributed by atoms with Crippen molar-refractivity contribution in [2.45, 2.75) is 18.7 Å². The molecule has 0 saturated carbocycles. The highest BCUT2D eigenvalue weighted by molar-refractivity contribution is 8.00. The zero-order valence-corrected chi connectivity index (χ0v) is 11.6. The average Bonchev–Trinajstić information content (AvgIpc) is 2.29. The van der Waals surface area contributed by atoms with Gasteiger partial charge in [-0.25, -0.2) is 8.78 Å². The largest absolute Gasteiger partial charge is 0.345 e. The Morgan fingerprint density at radius 3 is 2.56 bits per heavy atom. The Morgan fingerprint density at radius 2 is 2.00 bits per heavy atom. The summed E-state index contributed by atoms with van der Waals surface area (Å²) in [6.45, 7) is 4.76. The molecule has 0 aliphatic carbocycles. The molecule has 1 rings (SSSR count). The van der Waals surface area contributed by atoms with Gasteiger partial charge >= 0.3 is 0 Å². The van der Waals surface area contributed by atoms with Crippen LogP contribution in [0.5, 0.6) is 0 Å². The number of rotatable bonds is 5. The molecule has 0 heterocycles. The minimum Gasteiger partial charge on any atom is -0.345 e. The molecule has 0 atom stereocenters. The minimum atomic E-state index is -0.886. The topological polar surface area (TPSA) is 20.3 Å². The summed E-state index contributed by atoms with van der Waals surface area (Å²) in [6, 6.07) is 3.65. The summed E-state index contributed by atoms with van der Waals surface area (Å²) in [6.07, 6.45) is 0. The van der Waals surface area contributed by atoms with E-state index in [0.29, 0.717) is 17.4 Å². The Bertz CT molecular complexity index is 423. The molecule has 100 valence electrons. The number of benzene rings is 1. The third-order valence-corrected chi connectivity index (χ3v) is 3.30. The lowest BCUT2D eigenvalue weighted by molar-refractivity contribution is -0.127. The van der Waals surface area contributed by atoms with Gasteiger partial charge in [-0.2, -0.15) is 0 Å². The van der Waals surface area contributed by atoms with Crippen molar-refractivity contribution in [1.82, 2.24) is 4.90 Å². The quantitative estimate of drug-likeness (QED) is 0.768. The van der Waals surface area contributed by atoms with Crippen molar-refractivity contribution in [2.24, 2.45) is 5.92 Å². The molecular formula is C13H17F2NOS. The van der Waals surface area contributed by atoms with Crippen LogP contribution in [-0.2, 0) is 4.79 Å². The molecule has 0 aliphatic rings. The van der Waals surface area contributed by atoms with Crippen LogP contribution in [-0.4, -0.2) is 30.2 Å². The molecule has 0 spiro atoms. The van der Waals surface area contributed by atoms with E-state index < -0.39 is 11.6 Å². The smallest absolute Gasteiger partial charge is 0.232 e. The summed E-state index contributed by atoms with van der Waals surface area (Å²) in [7, 11) is 1.74. The van der Waals surface area contributed by atoms with Gasteiger partial charge in [-0.1, -0.05) is 13.8 Å². The number of nitrogens with zero attached hydrogens (tertiary/aromatic N) is 1. The number of carbonyl (C=O) groups excluding carboxylic acids is 1. The maximum absolute atomic E-state index is 13.0. The van der Waals surface area contributed by atoms with Crippen LogP contribution in [0.15, 0.2) is 23.1 Å². The first-order chi connectivity index (χ1) is 8.40. The van der Waals surface area contributed by atoms with Crippen LogP contribution in [0, 0.1) is 17.6 Å². The van der Waals surface area contributed by atoms with Crippen molar-refractivity contribution in [2.75, 3.05) is 19.3 Å². The normalized spacial score (nSPS) is 10.8. The lowest BCUT2D eigenvalue weighted by Crippen LogP contribution is -2.31. The van der Waals surface area contributed by atoms with E-state index in [0.717, 1.165) is 12.1 Å². The molecule has 1 aromatic rings. The summed E-state index contributed by atoms with van der Waals surface area (Å²) in [5.74, 6) is -1.13. The van der Waals surface area contributed by atoms with Gasteiger partial charge in [-0.05, 0) is 24.1 Å². The predicted octanol–water partition coefficient (Wildman–Crippen LogP) is 3.17. The molecule has 0 unspecified atom stereocenters. The van der Waals surface area contributed by atoms with E-state index in [1.165, 1.54) is 17.8 Å². The fourth-order valence-corrected chi connectivity index (χ4v) is 2.33. The van der Waals surface area contributed by atoms with Crippen molar-refractivity contribution in [3.05, 3.63) is 29.8 Å². The van der Waals surface area contributed by atoms with E-state index in [1.54, 1.807) is 11.9 Å². The SMILES string of the molecule is CC(C)CN(C)C(=O)CSc1ccc(F)c(F)c1. The van der Waals surface area contributed by atoms with E-state index in [4.69, 9.17) is 0 Å². The van der Waals surface area contributed by atoms with E-state index in [9.17, 15) is 13.6 Å². The predicted molar refractivity (Wildman–Crippen MR) is 69.6 cm³/mol. The highest BCUT2D eigenvalue weighted by Crippen LogP contribution is 2.20. The number of hydrogen-bond acceptors (Lipinski definition) is 2. The molecule has 5 heteroatoms. The first-order valence-electron chi connectivity index (χ1n) is 5.72. The molecule has 0 aromatic heterocycles. The van der Waals surface area contributed by atoms with Crippen LogP contribution in [0.3, 0.4) is 0 Å². The molecule has 0 aliphatic heterocycles. The lowest BCUT2D eigenvalue weighted by atomic mass is 10.2. The number of amides is 1. The van der Waals surface area contributed by atoms with Crippen molar-refractivity contribution in [1.29, 1.82) is 0 Å². The second-order valence-corrected chi connectivity index (χ2v) is 5.58. The van der Waals surface area contributed by atoms with Crippen LogP contribution in [0.25, 0.3) is 0 Å². The molecular weight excluding hydrogens is 256 g/mol. The van der Waals surface area contributed by atoms with Crippen molar-refractivity contribution in [3.63, 3.8) is 0 Å². The average molecular weight is 273 g/mol. The summed E-state index contributed by atoms with van der Waals surface area (Å²) >= 11 is 1.21. The number of halogens is 2. The third kappa shape index (κ3) is 4.64. The van der Waals surface area contributed by atoms with E-state index in [1.807, 2.05) is 13.8 Å². The molecule has 0 radical (unpaired) electrons. The Kier molecular flexibility index (Phi) is 5.59. The monoisotopic (exact) mass is 273 g/mol. The first kappa shape index (κ1) is 15.0. The fourth-order valence-electron chi connectivity index (χ4n) is 1.47. The van der Waals surface area contributed by atoms with Crippen LogP contribution in [0.2, 0.25) is 0 Å². The summed E-state index contributed by atoms with van der Waals surface area (Å²) < 4.78 is 25.7. The third-order valence-electron chi connectivity index (χ3n) is 2.32. The van der Waals surface area contributed by atoms with Crippen molar-refractivity contribution in [3.8, 4) is 0 Å². The molecule has 0 fully saturated rings. The minimum absolute atomic E-state index is 0.0153. The zero-order chi connectivity index (χ0) is 13.7. The second-order valence-electron chi connectivity index (χ2n) is 4.53. The maximum atomic E-state index is 13.0. The van der Waals surface area contributed by atoms with Gasteiger partial charge < -0.3 is 4.90 Å². The van der Waals surface area contributed by atoms with Gasteiger partial charge in [0.15, 0.2) is 11.6 Å². The zero-order valence-electron chi connectivity index (χ0n) is 10.7. The van der Waals surface area contributed by atoms with Gasteiger partial charge in [-0.3, -0.25) is 4.79 Å². The molecule has 1 amide bonds. The second kappa shape index (κ2) is 6.73. The van der Waals surface area contributed by atoms with Crippen molar-refractivity contribution < 1.29 is 13.6 Å². The van der Waals surface area contributed by atoms with Gasteiger partial charge in [0.2, 0.25) is 5.91 Å². The molecule has 0 N–H and O–H groups in total. The van der Waals surface area contributed by atoms with E-state index in [-0.39, 0.29) is 11.7 Å². The lowest BCUT2D eigenvalue weighted by Gasteiger charge is -2.19. The van der Waals surface area contributed by atoms with Crippen LogP contribution >= 0.6 is 11.8 Å². The summed E-state index contributed by atoms with van der Waals surface area (Å²) in [5, 5.41) is 0. The number of carbonyl (C=O) groups is 1. The highest BCUT2D eigenvalue weighted by atomic mass is 32.2. The van der Waals surface area contributed by atoms with Crippen LogP contribution in [0.1, 0.15) is 13.8 Å². The van der Waals surface area contributed by atoms with Crippen molar-refractivity contribution >= 4 is 17.7 Å². The summed E-state index contributed by atoms with van der Waals surface area (Å²) in [4.78, 5) is 13.9. The fraction of sp³-hybridized carbons (Fsp3) is 0.462. The Labute approximate surface area is 110 Å². The number of hydrogen-bond donors (Lipinski definition) is 0. The van der Waals surface area contributed by atoms with E-state index in [2.05, 4.69) is 0 Å². The van der Waals surface area contributed by atoms with Gasteiger partial charge in [0.25, 0.3) is 0 Å². The van der Waals surface area contributed by atoms with Gasteiger partial charge in [-0.15, -0.1) is 11.8 Å². The Balaban J connectivity index is 2.49. The molecule has 0 bridgehead atoms. The first-order valence-corrected chi connectivity index (χ1v) is 6.70. The van der Waals surface area contributed by atoms with E-state index >= 15 is 0 Å². The van der Waals surface area contributed by atoms with Gasteiger partial charge in [0, 0.05) is 18.5 Å². The Morgan fingerprint density at radius 1 is 1.33 bits per heavy atom. The van der Waals surface area contributed by atoms with Crippen LogP contribution in [0.4, 0.5) is 8.78 Å². The maximum Gasteiger partial charge on any atom is 0.232 e. The van der Waals surface area contributed by atoms with Gasteiger partial charge in [0.05, 0.1) is 5.75 Å². The molecule has 0 saturated heterocycles. The molecule has 2 nitrogen and oxygen atoms in total. The highest BCUT2D eigenvalue weighted by Gasteiger charge is 2.11. The standard InChI is InChI=1S/C13H17F2NOS/c1-9(2)7-16(3)13(17)8-18-10-4-5-11(14)12(15)6-10/h4-6,9H,7-8H2,1-3H3.